The zero-order chi connectivity index (χ0) is 17.1. The summed E-state index contributed by atoms with van der Waals surface area (Å²) in [5.74, 6) is 0.154. The first-order valence-corrected chi connectivity index (χ1v) is 9.19. The number of benzene rings is 1. The Labute approximate surface area is 143 Å². The second kappa shape index (κ2) is 7.34. The minimum Gasteiger partial charge on any atom is -0.356 e. The van der Waals surface area contributed by atoms with E-state index in [1.807, 2.05) is 6.92 Å². The number of hydrogen-bond donors (Lipinski definition) is 1. The number of rotatable bonds is 4. The molecule has 1 aromatic heterocycles. The zero-order valence-corrected chi connectivity index (χ0v) is 14.4. The van der Waals surface area contributed by atoms with Crippen LogP contribution in [0.5, 0.6) is 0 Å². The molecule has 1 aliphatic heterocycles. The van der Waals surface area contributed by atoms with Crippen molar-refractivity contribution >= 4 is 28.6 Å². The average molecular weight is 349 g/mol. The number of nitrogens with one attached hydrogen (secondary N) is 1. The van der Waals surface area contributed by atoms with Gasteiger partial charge in [-0.2, -0.15) is 0 Å². The van der Waals surface area contributed by atoms with E-state index in [4.69, 9.17) is 0 Å². The van der Waals surface area contributed by atoms with Gasteiger partial charge in [-0.1, -0.05) is 18.2 Å². The molecule has 1 saturated heterocycles. The lowest BCUT2D eigenvalue weighted by molar-refractivity contribution is -0.123. The van der Waals surface area contributed by atoms with Gasteiger partial charge >= 0.3 is 0 Å². The summed E-state index contributed by atoms with van der Waals surface area (Å²) in [6, 6.07) is 4.05. The van der Waals surface area contributed by atoms with E-state index < -0.39 is 5.82 Å². The number of hydrogen-bond acceptors (Lipinski definition) is 4. The number of thioether (sulfide) groups is 1. The highest BCUT2D eigenvalue weighted by Crippen LogP contribution is 2.24. The van der Waals surface area contributed by atoms with Crippen LogP contribution in [0.2, 0.25) is 0 Å². The van der Waals surface area contributed by atoms with Crippen LogP contribution >= 0.6 is 11.8 Å². The average Bonchev–Trinajstić information content (AvgIpc) is 2.78. The third kappa shape index (κ3) is 3.45. The van der Waals surface area contributed by atoms with Crippen LogP contribution in [-0.2, 0) is 11.3 Å². The van der Waals surface area contributed by atoms with Crippen molar-refractivity contribution in [1.29, 1.82) is 0 Å². The fourth-order valence-electron chi connectivity index (χ4n) is 2.90. The Balaban J connectivity index is 1.89. The Morgan fingerprint density at radius 3 is 3.00 bits per heavy atom. The van der Waals surface area contributed by atoms with Crippen LogP contribution in [0.4, 0.5) is 4.39 Å². The van der Waals surface area contributed by atoms with Crippen molar-refractivity contribution in [3.63, 3.8) is 0 Å². The first-order chi connectivity index (χ1) is 11.6. The van der Waals surface area contributed by atoms with Crippen LogP contribution in [0, 0.1) is 11.7 Å². The maximum atomic E-state index is 13.4. The van der Waals surface area contributed by atoms with Crippen LogP contribution in [0.3, 0.4) is 0 Å². The van der Waals surface area contributed by atoms with Gasteiger partial charge in [-0.25, -0.2) is 9.37 Å². The van der Waals surface area contributed by atoms with Gasteiger partial charge in [0.2, 0.25) is 5.91 Å². The van der Waals surface area contributed by atoms with Crippen molar-refractivity contribution in [3.8, 4) is 0 Å². The quantitative estimate of drug-likeness (QED) is 0.681. The molecule has 2 aromatic rings. The van der Waals surface area contributed by atoms with E-state index in [0.29, 0.717) is 23.0 Å². The fraction of sp³-hybridized carbons (Fsp3) is 0.471. The molecule has 5 nitrogen and oxygen atoms in total. The van der Waals surface area contributed by atoms with E-state index >= 15 is 0 Å². The van der Waals surface area contributed by atoms with E-state index in [2.05, 4.69) is 10.3 Å². The molecule has 1 aliphatic rings. The summed E-state index contributed by atoms with van der Waals surface area (Å²) < 4.78 is 14.9. The van der Waals surface area contributed by atoms with Gasteiger partial charge in [0.1, 0.15) is 5.82 Å². The van der Waals surface area contributed by atoms with Crippen molar-refractivity contribution in [2.24, 2.45) is 5.92 Å². The van der Waals surface area contributed by atoms with Crippen molar-refractivity contribution in [2.75, 3.05) is 12.3 Å². The van der Waals surface area contributed by atoms with Gasteiger partial charge in [-0.3, -0.25) is 14.2 Å². The van der Waals surface area contributed by atoms with Crippen molar-refractivity contribution < 1.29 is 9.18 Å². The predicted molar refractivity (Wildman–Crippen MR) is 92.7 cm³/mol. The molecule has 0 radical (unpaired) electrons. The molecule has 24 heavy (non-hydrogen) atoms. The van der Waals surface area contributed by atoms with Gasteiger partial charge in [0, 0.05) is 24.8 Å². The minimum absolute atomic E-state index is 0.0661. The molecule has 1 aromatic carbocycles. The minimum atomic E-state index is -0.445. The number of halogens is 1. The molecule has 2 heterocycles. The largest absolute Gasteiger partial charge is 0.356 e. The monoisotopic (exact) mass is 349 g/mol. The van der Waals surface area contributed by atoms with Crippen LogP contribution in [-0.4, -0.2) is 27.8 Å². The maximum Gasteiger partial charge on any atom is 0.262 e. The summed E-state index contributed by atoms with van der Waals surface area (Å²) >= 11 is 1.42. The van der Waals surface area contributed by atoms with Crippen molar-refractivity contribution in [2.45, 2.75) is 37.9 Å². The van der Waals surface area contributed by atoms with Crippen LogP contribution < -0.4 is 10.9 Å². The molecule has 0 spiro atoms. The predicted octanol–water partition coefficient (Wildman–Crippen LogP) is 2.56. The lowest BCUT2D eigenvalue weighted by Gasteiger charge is -2.15. The van der Waals surface area contributed by atoms with Gasteiger partial charge in [0.25, 0.3) is 5.56 Å². The molecule has 1 amide bonds. The molecule has 0 bridgehead atoms. The first kappa shape index (κ1) is 17.0. The van der Waals surface area contributed by atoms with Crippen LogP contribution in [0.25, 0.3) is 10.9 Å². The number of amides is 1. The molecule has 7 heteroatoms. The zero-order valence-electron chi connectivity index (χ0n) is 13.5. The molecular weight excluding hydrogens is 329 g/mol. The Morgan fingerprint density at radius 2 is 2.21 bits per heavy atom. The third-order valence-electron chi connectivity index (χ3n) is 4.26. The highest BCUT2D eigenvalue weighted by atomic mass is 32.2. The standard InChI is InChI=1S/C17H20FN3O2S/c1-2-21-16(23)13-9-12(18)6-7-14(13)20-17(21)24-10-11-5-3-4-8-19-15(11)22/h6-7,9,11H,2-5,8,10H2,1H3,(H,19,22). The molecule has 3 rings (SSSR count). The molecule has 1 N–H and O–H groups in total. The molecule has 1 unspecified atom stereocenters. The topological polar surface area (TPSA) is 64.0 Å². The second-order valence-electron chi connectivity index (χ2n) is 5.90. The number of carbonyl (C=O) groups is 1. The summed E-state index contributed by atoms with van der Waals surface area (Å²) in [6.07, 6.45) is 2.88. The SMILES string of the molecule is CCn1c(SCC2CCCCNC2=O)nc2ccc(F)cc2c1=O. The number of nitrogens with zero attached hydrogens (tertiary/aromatic N) is 2. The number of aromatic nitrogens is 2. The summed E-state index contributed by atoms with van der Waals surface area (Å²) in [4.78, 5) is 29.1. The van der Waals surface area contributed by atoms with Gasteiger partial charge in [0.15, 0.2) is 5.16 Å². The summed E-state index contributed by atoms with van der Waals surface area (Å²) in [5.41, 5.74) is 0.244. The summed E-state index contributed by atoms with van der Waals surface area (Å²) in [6.45, 7) is 3.05. The fourth-order valence-corrected chi connectivity index (χ4v) is 4.10. The lowest BCUT2D eigenvalue weighted by atomic mass is 10.1. The number of carbonyl (C=O) groups excluding carboxylic acids is 1. The summed E-state index contributed by atoms with van der Waals surface area (Å²) in [5, 5.41) is 3.79. The maximum absolute atomic E-state index is 13.4. The molecule has 128 valence electrons. The van der Waals surface area contributed by atoms with Crippen molar-refractivity contribution in [1.82, 2.24) is 14.9 Å². The Kier molecular flexibility index (Phi) is 5.18. The van der Waals surface area contributed by atoms with E-state index in [-0.39, 0.29) is 22.8 Å². The third-order valence-corrected chi connectivity index (χ3v) is 5.40. The molecule has 0 saturated carbocycles. The summed E-state index contributed by atoms with van der Waals surface area (Å²) in [7, 11) is 0. The van der Waals surface area contributed by atoms with E-state index in [9.17, 15) is 14.0 Å². The van der Waals surface area contributed by atoms with Crippen LogP contribution in [0.1, 0.15) is 26.2 Å². The Hall–Kier alpha value is -1.89. The van der Waals surface area contributed by atoms with E-state index in [1.54, 1.807) is 4.57 Å². The molecular formula is C17H20FN3O2S. The lowest BCUT2D eigenvalue weighted by Crippen LogP contribution is -2.30. The van der Waals surface area contributed by atoms with Gasteiger partial charge in [-0.05, 0) is 38.0 Å². The normalized spacial score (nSPS) is 18.4. The number of fused-ring (bicyclic) bond motifs is 1. The smallest absolute Gasteiger partial charge is 0.262 e. The van der Waals surface area contributed by atoms with Gasteiger partial charge in [0.05, 0.1) is 10.9 Å². The van der Waals surface area contributed by atoms with E-state index in [1.165, 1.54) is 30.0 Å². The highest BCUT2D eigenvalue weighted by Gasteiger charge is 2.22. The molecule has 0 aliphatic carbocycles. The van der Waals surface area contributed by atoms with Gasteiger partial charge < -0.3 is 5.32 Å². The van der Waals surface area contributed by atoms with Gasteiger partial charge in [-0.15, -0.1) is 0 Å². The van der Waals surface area contributed by atoms with E-state index in [0.717, 1.165) is 25.8 Å². The molecule has 1 atom stereocenters. The Morgan fingerprint density at radius 1 is 1.38 bits per heavy atom. The molecule has 1 fully saturated rings. The second-order valence-corrected chi connectivity index (χ2v) is 6.89. The Bertz CT molecular complexity index is 821. The van der Waals surface area contributed by atoms with Crippen molar-refractivity contribution in [3.05, 3.63) is 34.4 Å². The van der Waals surface area contributed by atoms with Crippen LogP contribution in [0.15, 0.2) is 28.2 Å². The highest BCUT2D eigenvalue weighted by molar-refractivity contribution is 7.99. The first-order valence-electron chi connectivity index (χ1n) is 8.20.